The van der Waals surface area contributed by atoms with E-state index in [9.17, 15) is 8.42 Å². The van der Waals surface area contributed by atoms with Gasteiger partial charge in [0.1, 0.15) is 4.90 Å². The van der Waals surface area contributed by atoms with E-state index in [0.717, 1.165) is 0 Å². The highest BCUT2D eigenvalue weighted by Gasteiger charge is 2.27. The first-order valence-corrected chi connectivity index (χ1v) is 7.94. The molecule has 1 saturated heterocycles. The quantitative estimate of drug-likeness (QED) is 0.834. The Bertz CT molecular complexity index is 542. The Morgan fingerprint density at radius 3 is 2.84 bits per heavy atom. The minimum Gasteiger partial charge on any atom is -0.398 e. The molecule has 5 nitrogen and oxygen atoms in total. The Balaban J connectivity index is 2.23. The molecule has 1 heterocycles. The summed E-state index contributed by atoms with van der Waals surface area (Å²) in [4.78, 5) is -0.0455. The molecule has 3 N–H and O–H groups in total. The van der Waals surface area contributed by atoms with E-state index in [1.807, 2.05) is 6.92 Å². The Hall–Kier alpha value is -0.820. The maximum Gasteiger partial charge on any atom is 0.244 e. The summed E-state index contributed by atoms with van der Waals surface area (Å²) >= 11 is 5.94. The fourth-order valence-electron chi connectivity index (χ4n) is 2.19. The van der Waals surface area contributed by atoms with Gasteiger partial charge in [0.05, 0.1) is 16.8 Å². The van der Waals surface area contributed by atoms with Gasteiger partial charge < -0.3 is 10.5 Å². The minimum atomic E-state index is -3.71. The van der Waals surface area contributed by atoms with E-state index >= 15 is 0 Å². The molecule has 1 aromatic carbocycles. The van der Waals surface area contributed by atoms with Crippen molar-refractivity contribution in [2.45, 2.75) is 36.8 Å². The summed E-state index contributed by atoms with van der Waals surface area (Å²) in [6, 6.07) is 4.50. The van der Waals surface area contributed by atoms with Crippen LogP contribution in [0, 0.1) is 0 Å². The molecule has 0 aliphatic carbocycles. The SMILES string of the molecule is CC1CC(NS(=O)(=O)c2c(N)cccc2Cl)CCO1. The average Bonchev–Trinajstić information content (AvgIpc) is 2.27. The fraction of sp³-hybridized carbons (Fsp3) is 0.500. The zero-order valence-electron chi connectivity index (χ0n) is 10.6. The second kappa shape index (κ2) is 5.66. The van der Waals surface area contributed by atoms with Crippen molar-refractivity contribution in [2.75, 3.05) is 12.3 Å². The van der Waals surface area contributed by atoms with Gasteiger partial charge in [0.2, 0.25) is 10.0 Å². The predicted octanol–water partition coefficient (Wildman–Crippen LogP) is 1.77. The number of ether oxygens (including phenoxy) is 1. The number of halogens is 1. The van der Waals surface area contributed by atoms with Crippen LogP contribution in [0.5, 0.6) is 0 Å². The summed E-state index contributed by atoms with van der Waals surface area (Å²) in [5.41, 5.74) is 5.86. The Kier molecular flexibility index (Phi) is 4.35. The minimum absolute atomic E-state index is 0.0455. The second-order valence-corrected chi connectivity index (χ2v) is 6.74. The van der Waals surface area contributed by atoms with Gasteiger partial charge in [-0.05, 0) is 31.9 Å². The number of sulfonamides is 1. The summed E-state index contributed by atoms with van der Waals surface area (Å²) in [6.45, 7) is 2.47. The van der Waals surface area contributed by atoms with Gasteiger partial charge in [0, 0.05) is 12.6 Å². The van der Waals surface area contributed by atoms with E-state index < -0.39 is 10.0 Å². The van der Waals surface area contributed by atoms with Crippen molar-refractivity contribution >= 4 is 27.3 Å². The van der Waals surface area contributed by atoms with E-state index in [1.54, 1.807) is 6.07 Å². The summed E-state index contributed by atoms with van der Waals surface area (Å²) in [6.07, 6.45) is 1.34. The highest BCUT2D eigenvalue weighted by molar-refractivity contribution is 7.89. The number of rotatable bonds is 3. The molecule has 0 radical (unpaired) electrons. The Morgan fingerprint density at radius 2 is 2.21 bits per heavy atom. The molecule has 7 heteroatoms. The summed E-state index contributed by atoms with van der Waals surface area (Å²) in [5, 5.41) is 0.132. The molecule has 19 heavy (non-hydrogen) atoms. The van der Waals surface area contributed by atoms with Crippen molar-refractivity contribution in [1.82, 2.24) is 4.72 Å². The molecular formula is C12H17ClN2O3S. The highest BCUT2D eigenvalue weighted by Crippen LogP contribution is 2.28. The van der Waals surface area contributed by atoms with Crippen molar-refractivity contribution < 1.29 is 13.2 Å². The van der Waals surface area contributed by atoms with Gasteiger partial charge >= 0.3 is 0 Å². The fourth-order valence-corrected chi connectivity index (χ4v) is 4.15. The zero-order valence-corrected chi connectivity index (χ0v) is 12.2. The van der Waals surface area contributed by atoms with Gasteiger partial charge in [-0.1, -0.05) is 17.7 Å². The molecule has 0 amide bonds. The van der Waals surface area contributed by atoms with Crippen LogP contribution in [0.4, 0.5) is 5.69 Å². The third kappa shape index (κ3) is 3.39. The van der Waals surface area contributed by atoms with Crippen LogP contribution in [0.15, 0.2) is 23.1 Å². The molecule has 0 bridgehead atoms. The van der Waals surface area contributed by atoms with Crippen LogP contribution in [0.3, 0.4) is 0 Å². The van der Waals surface area contributed by atoms with E-state index in [4.69, 9.17) is 22.1 Å². The van der Waals surface area contributed by atoms with E-state index in [2.05, 4.69) is 4.72 Å². The van der Waals surface area contributed by atoms with Gasteiger partial charge in [-0.3, -0.25) is 0 Å². The molecule has 2 atom stereocenters. The normalized spacial score (nSPS) is 24.3. The second-order valence-electron chi connectivity index (χ2n) is 4.68. The number of hydrogen-bond donors (Lipinski definition) is 2. The number of benzene rings is 1. The van der Waals surface area contributed by atoms with E-state index in [1.165, 1.54) is 12.1 Å². The molecule has 0 spiro atoms. The van der Waals surface area contributed by atoms with Crippen LogP contribution in [0.2, 0.25) is 5.02 Å². The lowest BCUT2D eigenvalue weighted by atomic mass is 10.1. The number of nitrogens with two attached hydrogens (primary N) is 1. The van der Waals surface area contributed by atoms with Crippen molar-refractivity contribution in [3.8, 4) is 0 Å². The van der Waals surface area contributed by atoms with Crippen LogP contribution >= 0.6 is 11.6 Å². The smallest absolute Gasteiger partial charge is 0.244 e. The zero-order chi connectivity index (χ0) is 14.0. The third-order valence-electron chi connectivity index (χ3n) is 3.07. The molecule has 0 saturated carbocycles. The van der Waals surface area contributed by atoms with Gasteiger partial charge in [-0.15, -0.1) is 0 Å². The largest absolute Gasteiger partial charge is 0.398 e. The lowest BCUT2D eigenvalue weighted by Crippen LogP contribution is -2.41. The van der Waals surface area contributed by atoms with Gasteiger partial charge in [-0.2, -0.15) is 0 Å². The van der Waals surface area contributed by atoms with Crippen molar-refractivity contribution in [2.24, 2.45) is 0 Å². The molecular weight excluding hydrogens is 288 g/mol. The van der Waals surface area contributed by atoms with Crippen LogP contribution in [0.1, 0.15) is 19.8 Å². The topological polar surface area (TPSA) is 81.4 Å². The number of anilines is 1. The van der Waals surface area contributed by atoms with E-state index in [-0.39, 0.29) is 27.8 Å². The maximum atomic E-state index is 12.3. The van der Waals surface area contributed by atoms with Crippen LogP contribution in [-0.2, 0) is 14.8 Å². The van der Waals surface area contributed by atoms with Crippen molar-refractivity contribution in [3.63, 3.8) is 0 Å². The Labute approximate surface area is 118 Å². The summed E-state index contributed by atoms with van der Waals surface area (Å²) in [7, 11) is -3.71. The third-order valence-corrected chi connectivity index (χ3v) is 5.14. The van der Waals surface area contributed by atoms with Crippen LogP contribution in [0.25, 0.3) is 0 Å². The van der Waals surface area contributed by atoms with Gasteiger partial charge in [-0.25, -0.2) is 13.1 Å². The van der Waals surface area contributed by atoms with Gasteiger partial charge in [0.25, 0.3) is 0 Å². The molecule has 106 valence electrons. The number of nitrogen functional groups attached to an aromatic ring is 1. The maximum absolute atomic E-state index is 12.3. The van der Waals surface area contributed by atoms with Crippen molar-refractivity contribution in [1.29, 1.82) is 0 Å². The average molecular weight is 305 g/mol. The molecule has 2 unspecified atom stereocenters. The van der Waals surface area contributed by atoms with Crippen molar-refractivity contribution in [3.05, 3.63) is 23.2 Å². The molecule has 1 fully saturated rings. The number of nitrogens with one attached hydrogen (secondary N) is 1. The molecule has 0 aromatic heterocycles. The van der Waals surface area contributed by atoms with Crippen LogP contribution < -0.4 is 10.5 Å². The first-order chi connectivity index (χ1) is 8.90. The first kappa shape index (κ1) is 14.6. The Morgan fingerprint density at radius 1 is 1.47 bits per heavy atom. The lowest BCUT2D eigenvalue weighted by molar-refractivity contribution is 0.0173. The first-order valence-electron chi connectivity index (χ1n) is 6.08. The summed E-state index contributed by atoms with van der Waals surface area (Å²) in [5.74, 6) is 0. The van der Waals surface area contributed by atoms with Gasteiger partial charge in [0.15, 0.2) is 0 Å². The van der Waals surface area contributed by atoms with Crippen LogP contribution in [-0.4, -0.2) is 27.2 Å². The monoisotopic (exact) mass is 304 g/mol. The predicted molar refractivity (Wildman–Crippen MR) is 74.6 cm³/mol. The highest BCUT2D eigenvalue weighted by atomic mass is 35.5. The summed E-state index contributed by atoms with van der Waals surface area (Å²) < 4.78 is 32.7. The molecule has 1 aliphatic heterocycles. The molecule has 1 aliphatic rings. The molecule has 1 aromatic rings. The standard InChI is InChI=1S/C12H17ClN2O3S/c1-8-7-9(5-6-18-8)15-19(16,17)12-10(13)3-2-4-11(12)14/h2-4,8-9,15H,5-7,14H2,1H3. The lowest BCUT2D eigenvalue weighted by Gasteiger charge is -2.28. The number of hydrogen-bond acceptors (Lipinski definition) is 4. The van der Waals surface area contributed by atoms with E-state index in [0.29, 0.717) is 19.4 Å². The molecule has 2 rings (SSSR count).